The fourth-order valence-corrected chi connectivity index (χ4v) is 2.62. The SMILES string of the molecule is O=C(NCCCC1CC1)c1ccc(C#CCCO)s1. The normalized spacial score (nSPS) is 13.7. The van der Waals surface area contributed by atoms with Crippen LogP contribution in [0.15, 0.2) is 12.1 Å². The Morgan fingerprint density at radius 3 is 3.05 bits per heavy atom. The molecule has 2 N–H and O–H groups in total. The number of carbonyl (C=O) groups is 1. The van der Waals surface area contributed by atoms with Crippen LogP contribution in [-0.2, 0) is 0 Å². The van der Waals surface area contributed by atoms with E-state index in [-0.39, 0.29) is 12.5 Å². The summed E-state index contributed by atoms with van der Waals surface area (Å²) < 4.78 is 0. The molecule has 1 heterocycles. The Balaban J connectivity index is 1.73. The van der Waals surface area contributed by atoms with Crippen molar-refractivity contribution in [3.8, 4) is 11.8 Å². The zero-order chi connectivity index (χ0) is 13.5. The Morgan fingerprint density at radius 2 is 2.32 bits per heavy atom. The highest BCUT2D eigenvalue weighted by molar-refractivity contribution is 7.14. The number of aliphatic hydroxyl groups is 1. The summed E-state index contributed by atoms with van der Waals surface area (Å²) in [5.74, 6) is 6.71. The zero-order valence-corrected chi connectivity index (χ0v) is 11.8. The summed E-state index contributed by atoms with van der Waals surface area (Å²) >= 11 is 1.40. The summed E-state index contributed by atoms with van der Waals surface area (Å²) in [7, 11) is 0. The predicted octanol–water partition coefficient (Wildman–Crippen LogP) is 2.40. The van der Waals surface area contributed by atoms with Crippen molar-refractivity contribution in [3.63, 3.8) is 0 Å². The van der Waals surface area contributed by atoms with E-state index < -0.39 is 0 Å². The number of hydrogen-bond donors (Lipinski definition) is 2. The van der Waals surface area contributed by atoms with Gasteiger partial charge in [-0.05, 0) is 30.9 Å². The average molecular weight is 277 g/mol. The Kier molecular flexibility index (Phi) is 5.44. The minimum Gasteiger partial charge on any atom is -0.395 e. The summed E-state index contributed by atoms with van der Waals surface area (Å²) in [5, 5.41) is 11.6. The van der Waals surface area contributed by atoms with Gasteiger partial charge in [-0.2, -0.15) is 0 Å². The first-order valence-corrected chi connectivity index (χ1v) is 7.59. The van der Waals surface area contributed by atoms with Crippen molar-refractivity contribution in [1.29, 1.82) is 0 Å². The van der Waals surface area contributed by atoms with Gasteiger partial charge in [0.15, 0.2) is 0 Å². The van der Waals surface area contributed by atoms with Crippen LogP contribution in [0.3, 0.4) is 0 Å². The van der Waals surface area contributed by atoms with Crippen LogP contribution in [0, 0.1) is 17.8 Å². The van der Waals surface area contributed by atoms with Gasteiger partial charge in [-0.3, -0.25) is 4.79 Å². The summed E-state index contributed by atoms with van der Waals surface area (Å²) in [4.78, 5) is 13.4. The van der Waals surface area contributed by atoms with Crippen LogP contribution < -0.4 is 5.32 Å². The molecule has 1 amide bonds. The zero-order valence-electron chi connectivity index (χ0n) is 10.9. The molecule has 0 radical (unpaired) electrons. The lowest BCUT2D eigenvalue weighted by atomic mass is 10.2. The van der Waals surface area contributed by atoms with Gasteiger partial charge in [0.1, 0.15) is 0 Å². The molecule has 0 atom stereocenters. The van der Waals surface area contributed by atoms with E-state index in [0.29, 0.717) is 11.3 Å². The van der Waals surface area contributed by atoms with Crippen LogP contribution in [0.5, 0.6) is 0 Å². The van der Waals surface area contributed by atoms with E-state index in [0.717, 1.165) is 23.8 Å². The van der Waals surface area contributed by atoms with Crippen LogP contribution in [0.25, 0.3) is 0 Å². The van der Waals surface area contributed by atoms with Crippen LogP contribution in [0.2, 0.25) is 0 Å². The maximum Gasteiger partial charge on any atom is 0.261 e. The van der Waals surface area contributed by atoms with Gasteiger partial charge in [-0.1, -0.05) is 24.7 Å². The minimum atomic E-state index is -0.00370. The third-order valence-electron chi connectivity index (χ3n) is 3.05. The van der Waals surface area contributed by atoms with Gasteiger partial charge in [0.25, 0.3) is 5.91 Å². The van der Waals surface area contributed by atoms with Crippen molar-refractivity contribution in [1.82, 2.24) is 5.32 Å². The summed E-state index contributed by atoms with van der Waals surface area (Å²) in [6.45, 7) is 0.839. The molecule has 0 spiro atoms. The molecular formula is C15H19NO2S. The molecule has 0 saturated heterocycles. The summed E-state index contributed by atoms with van der Waals surface area (Å²) in [6.07, 6.45) is 5.53. The van der Waals surface area contributed by atoms with E-state index in [1.54, 1.807) is 0 Å². The number of carbonyl (C=O) groups excluding carboxylic acids is 1. The van der Waals surface area contributed by atoms with E-state index in [1.807, 2.05) is 12.1 Å². The van der Waals surface area contributed by atoms with E-state index in [9.17, 15) is 4.79 Å². The molecule has 3 nitrogen and oxygen atoms in total. The fourth-order valence-electron chi connectivity index (χ4n) is 1.82. The van der Waals surface area contributed by atoms with Crippen molar-refractivity contribution in [2.24, 2.45) is 5.92 Å². The monoisotopic (exact) mass is 277 g/mol. The Labute approximate surface area is 118 Å². The van der Waals surface area contributed by atoms with Crippen molar-refractivity contribution in [2.75, 3.05) is 13.2 Å². The summed E-state index contributed by atoms with van der Waals surface area (Å²) in [5.41, 5.74) is 0. The lowest BCUT2D eigenvalue weighted by Crippen LogP contribution is -2.23. The topological polar surface area (TPSA) is 49.3 Å². The Hall–Kier alpha value is -1.31. The van der Waals surface area contributed by atoms with Gasteiger partial charge in [0.2, 0.25) is 0 Å². The fraction of sp³-hybridized carbons (Fsp3) is 0.533. The highest BCUT2D eigenvalue weighted by Gasteiger charge is 2.20. The molecule has 1 aromatic heterocycles. The van der Waals surface area contributed by atoms with Gasteiger partial charge in [0, 0.05) is 13.0 Å². The van der Waals surface area contributed by atoms with E-state index in [1.165, 1.54) is 30.6 Å². The van der Waals surface area contributed by atoms with Gasteiger partial charge >= 0.3 is 0 Å². The number of thiophene rings is 1. The van der Waals surface area contributed by atoms with Crippen LogP contribution in [0.1, 0.15) is 46.7 Å². The smallest absolute Gasteiger partial charge is 0.261 e. The van der Waals surface area contributed by atoms with Gasteiger partial charge in [0.05, 0.1) is 16.4 Å². The maximum absolute atomic E-state index is 11.9. The number of amides is 1. The standard InChI is InChI=1S/C15H19NO2S/c17-11-2-1-5-13-8-9-14(19-13)15(18)16-10-3-4-12-6-7-12/h8-9,12,17H,2-4,6-7,10-11H2,(H,16,18). The van der Waals surface area contributed by atoms with Gasteiger partial charge in [-0.15, -0.1) is 11.3 Å². The molecule has 1 saturated carbocycles. The molecule has 2 rings (SSSR count). The molecule has 1 aromatic rings. The molecule has 1 fully saturated rings. The molecular weight excluding hydrogens is 258 g/mol. The molecule has 1 aliphatic carbocycles. The molecule has 102 valence electrons. The maximum atomic E-state index is 11.9. The lowest BCUT2D eigenvalue weighted by Gasteiger charge is -2.02. The van der Waals surface area contributed by atoms with Gasteiger partial charge in [-0.25, -0.2) is 0 Å². The molecule has 0 aliphatic heterocycles. The molecule has 1 aliphatic rings. The van der Waals surface area contributed by atoms with Crippen molar-refractivity contribution < 1.29 is 9.90 Å². The van der Waals surface area contributed by atoms with Crippen LogP contribution in [0.4, 0.5) is 0 Å². The Morgan fingerprint density at radius 1 is 1.47 bits per heavy atom. The third kappa shape index (κ3) is 5.06. The Bertz CT molecular complexity index is 480. The van der Waals surface area contributed by atoms with Gasteiger partial charge < -0.3 is 10.4 Å². The highest BCUT2D eigenvalue weighted by atomic mass is 32.1. The largest absolute Gasteiger partial charge is 0.395 e. The molecule has 0 bridgehead atoms. The molecule has 0 unspecified atom stereocenters. The molecule has 19 heavy (non-hydrogen) atoms. The van der Waals surface area contributed by atoms with Crippen molar-refractivity contribution >= 4 is 17.2 Å². The second-order valence-electron chi connectivity index (χ2n) is 4.78. The first-order valence-electron chi connectivity index (χ1n) is 6.77. The van der Waals surface area contributed by atoms with E-state index in [4.69, 9.17) is 5.11 Å². The number of nitrogens with one attached hydrogen (secondary N) is 1. The van der Waals surface area contributed by atoms with E-state index >= 15 is 0 Å². The first kappa shape index (κ1) is 14.1. The van der Waals surface area contributed by atoms with Crippen LogP contribution in [-0.4, -0.2) is 24.2 Å². The highest BCUT2D eigenvalue weighted by Crippen LogP contribution is 2.33. The quantitative estimate of drug-likeness (QED) is 0.619. The number of hydrogen-bond acceptors (Lipinski definition) is 3. The predicted molar refractivity (Wildman–Crippen MR) is 77.2 cm³/mol. The lowest BCUT2D eigenvalue weighted by molar-refractivity contribution is 0.0957. The van der Waals surface area contributed by atoms with E-state index in [2.05, 4.69) is 17.2 Å². The molecule has 0 aromatic carbocycles. The van der Waals surface area contributed by atoms with Crippen molar-refractivity contribution in [2.45, 2.75) is 32.1 Å². The number of aliphatic hydroxyl groups excluding tert-OH is 1. The third-order valence-corrected chi connectivity index (χ3v) is 4.05. The average Bonchev–Trinajstić information content (AvgIpc) is 3.12. The first-order chi connectivity index (χ1) is 9.29. The van der Waals surface area contributed by atoms with Crippen LogP contribution >= 0.6 is 11.3 Å². The molecule has 4 heteroatoms. The van der Waals surface area contributed by atoms with Crippen molar-refractivity contribution in [3.05, 3.63) is 21.9 Å². The second-order valence-corrected chi connectivity index (χ2v) is 5.86. The minimum absolute atomic E-state index is 0.00370. The summed E-state index contributed by atoms with van der Waals surface area (Å²) in [6, 6.07) is 3.66. The second kappa shape index (κ2) is 7.32. The number of rotatable bonds is 6.